The van der Waals surface area contributed by atoms with Crippen LogP contribution in [0.1, 0.15) is 27.6 Å². The number of aryl methyl sites for hydroxylation is 2. The van der Waals surface area contributed by atoms with Crippen LogP contribution >= 0.6 is 38.9 Å². The van der Waals surface area contributed by atoms with Crippen LogP contribution in [0.2, 0.25) is 4.34 Å². The Labute approximate surface area is 125 Å². The lowest BCUT2D eigenvalue weighted by Crippen LogP contribution is -2.17. The predicted octanol–water partition coefficient (Wildman–Crippen LogP) is 5.09. The number of rotatable bonds is 3. The molecule has 1 unspecified atom stereocenters. The van der Waals surface area contributed by atoms with Crippen molar-refractivity contribution in [3.63, 3.8) is 0 Å². The maximum atomic E-state index is 6.17. The second-order valence-electron chi connectivity index (χ2n) is 4.31. The van der Waals surface area contributed by atoms with Crippen LogP contribution in [0.25, 0.3) is 0 Å². The molecule has 0 aliphatic rings. The lowest BCUT2D eigenvalue weighted by atomic mass is 10.0. The molecule has 0 amide bonds. The van der Waals surface area contributed by atoms with Crippen molar-refractivity contribution in [2.24, 2.45) is 0 Å². The van der Waals surface area contributed by atoms with Crippen molar-refractivity contribution in [1.82, 2.24) is 5.32 Å². The molecule has 2 aromatic rings. The van der Waals surface area contributed by atoms with E-state index in [1.54, 1.807) is 11.3 Å². The van der Waals surface area contributed by atoms with Crippen LogP contribution in [0.5, 0.6) is 0 Å². The van der Waals surface area contributed by atoms with Crippen molar-refractivity contribution in [3.05, 3.63) is 54.6 Å². The Hall–Kier alpha value is -0.350. The van der Waals surface area contributed by atoms with E-state index in [2.05, 4.69) is 52.4 Å². The zero-order valence-electron chi connectivity index (χ0n) is 10.6. The molecule has 1 nitrogen and oxygen atoms in total. The maximum Gasteiger partial charge on any atom is 0.0961 e. The number of hydrogen-bond acceptors (Lipinski definition) is 2. The molecule has 1 heterocycles. The molecule has 0 aliphatic carbocycles. The van der Waals surface area contributed by atoms with Crippen molar-refractivity contribution < 1.29 is 0 Å². The summed E-state index contributed by atoms with van der Waals surface area (Å²) in [5.41, 5.74) is 3.63. The first-order valence-corrected chi connectivity index (χ1v) is 7.71. The van der Waals surface area contributed by atoms with Gasteiger partial charge >= 0.3 is 0 Å². The van der Waals surface area contributed by atoms with Crippen molar-refractivity contribution in [3.8, 4) is 0 Å². The average molecular weight is 345 g/mol. The van der Waals surface area contributed by atoms with Gasteiger partial charge in [-0.15, -0.1) is 11.3 Å². The van der Waals surface area contributed by atoms with Gasteiger partial charge in [-0.25, -0.2) is 0 Å². The Kier molecular flexibility index (Phi) is 4.49. The minimum atomic E-state index is 0.176. The van der Waals surface area contributed by atoms with Gasteiger partial charge in [0, 0.05) is 9.35 Å². The lowest BCUT2D eigenvalue weighted by molar-refractivity contribution is 0.700. The Balaban J connectivity index is 2.48. The highest BCUT2D eigenvalue weighted by atomic mass is 79.9. The summed E-state index contributed by atoms with van der Waals surface area (Å²) in [4.78, 5) is 1.24. The van der Waals surface area contributed by atoms with E-state index in [4.69, 9.17) is 11.6 Å². The summed E-state index contributed by atoms with van der Waals surface area (Å²) in [5.74, 6) is 0. The van der Waals surface area contributed by atoms with Crippen LogP contribution in [-0.4, -0.2) is 7.05 Å². The summed E-state index contributed by atoms with van der Waals surface area (Å²) in [6.07, 6.45) is 0. The van der Waals surface area contributed by atoms with Crippen LogP contribution < -0.4 is 5.32 Å². The van der Waals surface area contributed by atoms with Gasteiger partial charge in [-0.1, -0.05) is 45.7 Å². The first-order chi connectivity index (χ1) is 8.54. The first-order valence-electron chi connectivity index (χ1n) is 5.72. The Morgan fingerprint density at radius 1 is 1.28 bits per heavy atom. The summed E-state index contributed by atoms with van der Waals surface area (Å²) in [7, 11) is 1.97. The van der Waals surface area contributed by atoms with Gasteiger partial charge in [-0.3, -0.25) is 0 Å². The van der Waals surface area contributed by atoms with E-state index < -0.39 is 0 Å². The smallest absolute Gasteiger partial charge is 0.0961 e. The predicted molar refractivity (Wildman–Crippen MR) is 83.8 cm³/mol. The third-order valence-electron chi connectivity index (χ3n) is 2.98. The van der Waals surface area contributed by atoms with E-state index in [0.29, 0.717) is 0 Å². The average Bonchev–Trinajstić information content (AvgIpc) is 2.66. The number of nitrogens with one attached hydrogen (secondary N) is 1. The molecule has 0 saturated heterocycles. The highest BCUT2D eigenvalue weighted by Crippen LogP contribution is 2.37. The Bertz CT molecular complexity index is 545. The second-order valence-corrected chi connectivity index (χ2v) is 6.78. The molecule has 0 radical (unpaired) electrons. The lowest BCUT2D eigenvalue weighted by Gasteiger charge is -2.17. The quantitative estimate of drug-likeness (QED) is 0.818. The Morgan fingerprint density at radius 3 is 2.56 bits per heavy atom. The van der Waals surface area contributed by atoms with E-state index in [1.165, 1.54) is 16.0 Å². The molecule has 0 fully saturated rings. The van der Waals surface area contributed by atoms with Crippen LogP contribution in [0.15, 0.2) is 28.7 Å². The van der Waals surface area contributed by atoms with Gasteiger partial charge in [-0.2, -0.15) is 0 Å². The normalized spacial score (nSPS) is 12.7. The van der Waals surface area contributed by atoms with E-state index in [1.807, 2.05) is 14.0 Å². The van der Waals surface area contributed by atoms with Gasteiger partial charge in [0.25, 0.3) is 0 Å². The van der Waals surface area contributed by atoms with E-state index in [-0.39, 0.29) is 6.04 Å². The molecule has 1 N–H and O–H groups in total. The Morgan fingerprint density at radius 2 is 2.00 bits per heavy atom. The zero-order valence-corrected chi connectivity index (χ0v) is 13.7. The molecule has 0 spiro atoms. The van der Waals surface area contributed by atoms with Crippen LogP contribution in [0.3, 0.4) is 0 Å². The van der Waals surface area contributed by atoms with Gasteiger partial charge in [0.1, 0.15) is 0 Å². The summed E-state index contributed by atoms with van der Waals surface area (Å²) in [6, 6.07) is 8.66. The SMILES string of the molecule is CNC(c1cc(C)c(Cl)s1)c1cccc(C)c1Br. The van der Waals surface area contributed by atoms with Gasteiger partial charge < -0.3 is 5.32 Å². The topological polar surface area (TPSA) is 12.0 Å². The number of benzene rings is 1. The second kappa shape index (κ2) is 5.74. The van der Waals surface area contributed by atoms with Gasteiger partial charge in [0.05, 0.1) is 10.4 Å². The molecule has 1 atom stereocenters. The highest BCUT2D eigenvalue weighted by molar-refractivity contribution is 9.10. The standard InChI is InChI=1S/C14H15BrClNS/c1-8-5-4-6-10(12(8)15)13(17-3)11-7-9(2)14(16)18-11/h4-7,13,17H,1-3H3. The minimum Gasteiger partial charge on any atom is -0.309 e. The molecule has 18 heavy (non-hydrogen) atoms. The molecule has 1 aromatic heterocycles. The third-order valence-corrected chi connectivity index (χ3v) is 5.69. The molecular weight excluding hydrogens is 330 g/mol. The molecule has 4 heteroatoms. The molecular formula is C14H15BrClNS. The maximum absolute atomic E-state index is 6.17. The van der Waals surface area contributed by atoms with Gasteiger partial charge in [-0.05, 0) is 43.7 Å². The van der Waals surface area contributed by atoms with Crippen molar-refractivity contribution >= 4 is 38.9 Å². The fourth-order valence-corrected chi connectivity index (χ4v) is 3.81. The van der Waals surface area contributed by atoms with E-state index >= 15 is 0 Å². The fourth-order valence-electron chi connectivity index (χ4n) is 1.97. The number of hydrogen-bond donors (Lipinski definition) is 1. The first kappa shape index (κ1) is 14.1. The van der Waals surface area contributed by atoms with Gasteiger partial charge in [0.15, 0.2) is 0 Å². The summed E-state index contributed by atoms with van der Waals surface area (Å²) in [5, 5.41) is 3.37. The van der Waals surface area contributed by atoms with Crippen LogP contribution in [0, 0.1) is 13.8 Å². The largest absolute Gasteiger partial charge is 0.309 e. The van der Waals surface area contributed by atoms with Crippen molar-refractivity contribution in [2.45, 2.75) is 19.9 Å². The van der Waals surface area contributed by atoms with Gasteiger partial charge in [0.2, 0.25) is 0 Å². The van der Waals surface area contributed by atoms with Crippen LogP contribution in [-0.2, 0) is 0 Å². The van der Waals surface area contributed by atoms with Crippen LogP contribution in [0.4, 0.5) is 0 Å². The van der Waals surface area contributed by atoms with Crippen molar-refractivity contribution in [2.75, 3.05) is 7.05 Å². The third kappa shape index (κ3) is 2.64. The molecule has 0 bridgehead atoms. The highest BCUT2D eigenvalue weighted by Gasteiger charge is 2.18. The van der Waals surface area contributed by atoms with Crippen molar-refractivity contribution in [1.29, 1.82) is 0 Å². The number of thiophene rings is 1. The summed E-state index contributed by atoms with van der Waals surface area (Å²) >= 11 is 11.5. The molecule has 0 saturated carbocycles. The fraction of sp³-hybridized carbons (Fsp3) is 0.286. The summed E-state index contributed by atoms with van der Waals surface area (Å²) in [6.45, 7) is 4.15. The molecule has 96 valence electrons. The van der Waals surface area contributed by atoms with E-state index in [9.17, 15) is 0 Å². The monoisotopic (exact) mass is 343 g/mol. The zero-order chi connectivity index (χ0) is 13.3. The molecule has 2 rings (SSSR count). The molecule has 1 aromatic carbocycles. The minimum absolute atomic E-state index is 0.176. The van der Waals surface area contributed by atoms with E-state index in [0.717, 1.165) is 14.4 Å². The summed E-state index contributed by atoms with van der Waals surface area (Å²) < 4.78 is 2.03. The number of halogens is 2. The molecule has 0 aliphatic heterocycles.